The van der Waals surface area contributed by atoms with E-state index in [9.17, 15) is 4.79 Å². The molecule has 0 aliphatic heterocycles. The molecule has 0 aliphatic carbocycles. The number of benzene rings is 1. The van der Waals surface area contributed by atoms with E-state index in [2.05, 4.69) is 31.1 Å². The summed E-state index contributed by atoms with van der Waals surface area (Å²) >= 11 is 1.71. The number of thioether (sulfide) groups is 1. The van der Waals surface area contributed by atoms with Crippen molar-refractivity contribution in [2.24, 2.45) is 0 Å². The van der Waals surface area contributed by atoms with E-state index >= 15 is 0 Å². The smallest absolute Gasteiger partial charge is 0.251 e. The molecule has 0 unspecified atom stereocenters. The molecular formula is C19H24N2OS. The number of hydrogen-bond donors (Lipinski definition) is 1. The molecular weight excluding hydrogens is 304 g/mol. The van der Waals surface area contributed by atoms with Crippen molar-refractivity contribution in [1.82, 2.24) is 10.3 Å². The number of carbonyl (C=O) groups excluding carboxylic acids is 1. The second-order valence-corrected chi connectivity index (χ2v) is 7.57. The van der Waals surface area contributed by atoms with Crippen LogP contribution in [0.2, 0.25) is 0 Å². The lowest BCUT2D eigenvalue weighted by atomic mass is 9.87. The third-order valence-electron chi connectivity index (χ3n) is 3.51. The number of hydrogen-bond acceptors (Lipinski definition) is 3. The third kappa shape index (κ3) is 5.71. The maximum absolute atomic E-state index is 12.1. The van der Waals surface area contributed by atoms with Crippen LogP contribution in [0.3, 0.4) is 0 Å². The van der Waals surface area contributed by atoms with E-state index in [1.807, 2.05) is 42.5 Å². The van der Waals surface area contributed by atoms with Crippen LogP contribution in [0.1, 0.15) is 43.1 Å². The van der Waals surface area contributed by atoms with Crippen LogP contribution in [-0.2, 0) is 5.41 Å². The highest BCUT2D eigenvalue weighted by Crippen LogP contribution is 2.22. The largest absolute Gasteiger partial charge is 0.352 e. The molecule has 1 amide bonds. The Kier molecular flexibility index (Phi) is 6.22. The van der Waals surface area contributed by atoms with Crippen molar-refractivity contribution in [2.45, 2.75) is 37.6 Å². The van der Waals surface area contributed by atoms with Gasteiger partial charge < -0.3 is 5.32 Å². The van der Waals surface area contributed by atoms with Gasteiger partial charge in [0.25, 0.3) is 5.91 Å². The Balaban J connectivity index is 1.72. The molecule has 1 aromatic carbocycles. The average molecular weight is 328 g/mol. The molecule has 23 heavy (non-hydrogen) atoms. The van der Waals surface area contributed by atoms with Gasteiger partial charge in [-0.25, -0.2) is 4.98 Å². The molecule has 122 valence electrons. The molecule has 0 saturated heterocycles. The standard InChI is InChI=1S/C19H24N2OS/c1-19(2,3)16-10-8-15(9-11-16)18(22)21-13-6-14-23-17-7-4-5-12-20-17/h4-5,7-12H,6,13-14H2,1-3H3,(H,21,22). The third-order valence-corrected chi connectivity index (χ3v) is 4.54. The summed E-state index contributed by atoms with van der Waals surface area (Å²) in [5.74, 6) is 0.938. The number of rotatable bonds is 6. The van der Waals surface area contributed by atoms with Crippen molar-refractivity contribution in [3.05, 3.63) is 59.8 Å². The highest BCUT2D eigenvalue weighted by atomic mass is 32.2. The zero-order chi connectivity index (χ0) is 16.7. The van der Waals surface area contributed by atoms with Crippen molar-refractivity contribution in [3.63, 3.8) is 0 Å². The molecule has 3 nitrogen and oxygen atoms in total. The van der Waals surface area contributed by atoms with Crippen molar-refractivity contribution >= 4 is 17.7 Å². The van der Waals surface area contributed by atoms with Gasteiger partial charge in [-0.15, -0.1) is 11.8 Å². The maximum Gasteiger partial charge on any atom is 0.251 e. The van der Waals surface area contributed by atoms with Gasteiger partial charge >= 0.3 is 0 Å². The molecule has 2 rings (SSSR count). The number of aromatic nitrogens is 1. The highest BCUT2D eigenvalue weighted by Gasteiger charge is 2.14. The molecule has 0 atom stereocenters. The SMILES string of the molecule is CC(C)(C)c1ccc(C(=O)NCCCSc2ccccn2)cc1. The number of amides is 1. The summed E-state index contributed by atoms with van der Waals surface area (Å²) in [5.41, 5.74) is 2.06. The number of nitrogens with one attached hydrogen (secondary N) is 1. The van der Waals surface area contributed by atoms with Gasteiger partial charge in [0.2, 0.25) is 0 Å². The van der Waals surface area contributed by atoms with Gasteiger partial charge in [0.15, 0.2) is 0 Å². The van der Waals surface area contributed by atoms with E-state index in [-0.39, 0.29) is 11.3 Å². The quantitative estimate of drug-likeness (QED) is 0.635. The minimum absolute atomic E-state index is 0.00621. The van der Waals surface area contributed by atoms with Gasteiger partial charge in [0, 0.05) is 24.1 Å². The monoisotopic (exact) mass is 328 g/mol. The van der Waals surface area contributed by atoms with Gasteiger partial charge in [-0.3, -0.25) is 4.79 Å². The number of nitrogens with zero attached hydrogens (tertiary/aromatic N) is 1. The molecule has 1 N–H and O–H groups in total. The number of carbonyl (C=O) groups is 1. The van der Waals surface area contributed by atoms with E-state index in [0.717, 1.165) is 22.8 Å². The maximum atomic E-state index is 12.1. The fraction of sp³-hybridized carbons (Fsp3) is 0.368. The fourth-order valence-electron chi connectivity index (χ4n) is 2.11. The Morgan fingerprint density at radius 3 is 2.48 bits per heavy atom. The molecule has 0 aliphatic rings. The van der Waals surface area contributed by atoms with Crippen LogP contribution in [-0.4, -0.2) is 23.2 Å². The van der Waals surface area contributed by atoms with Crippen LogP contribution in [0.25, 0.3) is 0 Å². The summed E-state index contributed by atoms with van der Waals surface area (Å²) in [6, 6.07) is 13.8. The molecule has 0 bridgehead atoms. The van der Waals surface area contributed by atoms with Crippen LogP contribution >= 0.6 is 11.8 Å². The summed E-state index contributed by atoms with van der Waals surface area (Å²) in [6.45, 7) is 7.18. The summed E-state index contributed by atoms with van der Waals surface area (Å²) < 4.78 is 0. The van der Waals surface area contributed by atoms with Crippen LogP contribution in [0.15, 0.2) is 53.7 Å². The zero-order valence-corrected chi connectivity index (χ0v) is 14.8. The first-order valence-electron chi connectivity index (χ1n) is 7.89. The predicted molar refractivity (Wildman–Crippen MR) is 97.1 cm³/mol. The minimum atomic E-state index is -0.00621. The first kappa shape index (κ1) is 17.5. The first-order chi connectivity index (χ1) is 11.0. The zero-order valence-electron chi connectivity index (χ0n) is 14.0. The molecule has 0 radical (unpaired) electrons. The van der Waals surface area contributed by atoms with Gasteiger partial charge in [-0.2, -0.15) is 0 Å². The van der Waals surface area contributed by atoms with Gasteiger partial charge in [-0.1, -0.05) is 39.0 Å². The molecule has 0 fully saturated rings. The van der Waals surface area contributed by atoms with E-state index in [4.69, 9.17) is 0 Å². The Morgan fingerprint density at radius 2 is 1.87 bits per heavy atom. The van der Waals surface area contributed by atoms with Gasteiger partial charge in [-0.05, 0) is 41.7 Å². The summed E-state index contributed by atoms with van der Waals surface area (Å²) in [6.07, 6.45) is 2.72. The summed E-state index contributed by atoms with van der Waals surface area (Å²) in [4.78, 5) is 16.4. The average Bonchev–Trinajstić information content (AvgIpc) is 2.54. The van der Waals surface area contributed by atoms with Gasteiger partial charge in [0.1, 0.15) is 0 Å². The summed E-state index contributed by atoms with van der Waals surface area (Å²) in [7, 11) is 0. The van der Waals surface area contributed by atoms with E-state index in [1.165, 1.54) is 5.56 Å². The molecule has 1 aromatic heterocycles. The van der Waals surface area contributed by atoms with Crippen molar-refractivity contribution in [3.8, 4) is 0 Å². The molecule has 4 heteroatoms. The normalized spacial score (nSPS) is 11.3. The van der Waals surface area contributed by atoms with Crippen LogP contribution in [0.4, 0.5) is 0 Å². The Bertz CT molecular complexity index is 618. The topological polar surface area (TPSA) is 42.0 Å². The van der Waals surface area contributed by atoms with Crippen LogP contribution < -0.4 is 5.32 Å². The lowest BCUT2D eigenvalue weighted by molar-refractivity contribution is 0.0953. The molecule has 2 aromatic rings. The molecule has 0 saturated carbocycles. The minimum Gasteiger partial charge on any atom is -0.352 e. The van der Waals surface area contributed by atoms with Crippen LogP contribution in [0, 0.1) is 0 Å². The molecule has 0 spiro atoms. The van der Waals surface area contributed by atoms with Gasteiger partial charge in [0.05, 0.1) is 5.03 Å². The first-order valence-corrected chi connectivity index (χ1v) is 8.88. The Morgan fingerprint density at radius 1 is 1.13 bits per heavy atom. The van der Waals surface area contributed by atoms with Crippen molar-refractivity contribution in [2.75, 3.05) is 12.3 Å². The summed E-state index contributed by atoms with van der Waals surface area (Å²) in [5, 5.41) is 4.00. The number of pyridine rings is 1. The second-order valence-electron chi connectivity index (χ2n) is 6.45. The second kappa shape index (κ2) is 8.16. The highest BCUT2D eigenvalue weighted by molar-refractivity contribution is 7.99. The lowest BCUT2D eigenvalue weighted by Gasteiger charge is -2.19. The molecule has 1 heterocycles. The predicted octanol–water partition coefficient (Wildman–Crippen LogP) is 4.29. The van der Waals surface area contributed by atoms with E-state index in [0.29, 0.717) is 6.54 Å². The lowest BCUT2D eigenvalue weighted by Crippen LogP contribution is -2.25. The fourth-order valence-corrected chi connectivity index (χ4v) is 2.91. The Hall–Kier alpha value is -1.81. The van der Waals surface area contributed by atoms with Crippen molar-refractivity contribution in [1.29, 1.82) is 0 Å². The van der Waals surface area contributed by atoms with Crippen molar-refractivity contribution < 1.29 is 4.79 Å². The van der Waals surface area contributed by atoms with E-state index < -0.39 is 0 Å². The van der Waals surface area contributed by atoms with Crippen LogP contribution in [0.5, 0.6) is 0 Å². The van der Waals surface area contributed by atoms with E-state index in [1.54, 1.807) is 18.0 Å². The Labute approximate surface area is 142 Å².